The van der Waals surface area contributed by atoms with Gasteiger partial charge in [-0.25, -0.2) is 0 Å². The lowest BCUT2D eigenvalue weighted by molar-refractivity contribution is -0.0492. The minimum Gasteiger partial charge on any atom is -0.359 e. The Morgan fingerprint density at radius 3 is 2.75 bits per heavy atom. The third-order valence-electron chi connectivity index (χ3n) is 3.42. The first-order valence-electron chi connectivity index (χ1n) is 4.97. The molecule has 0 aromatic carbocycles. The van der Waals surface area contributed by atoms with Crippen molar-refractivity contribution in [2.45, 2.75) is 25.7 Å². The van der Waals surface area contributed by atoms with Gasteiger partial charge in [0.15, 0.2) is 0 Å². The molecule has 2 nitrogen and oxygen atoms in total. The molecule has 2 rings (SSSR count). The quantitative estimate of drug-likeness (QED) is 0.475. The third kappa shape index (κ3) is 1.64. The normalized spacial score (nSPS) is 39.2. The SMILES string of the molecule is COCOCC1CC2CCC1C2. The second kappa shape index (κ2) is 3.75. The Hall–Kier alpha value is -0.0800. The predicted octanol–water partition coefficient (Wildman–Crippen LogP) is 2.04. The Morgan fingerprint density at radius 1 is 1.25 bits per heavy atom. The van der Waals surface area contributed by atoms with Gasteiger partial charge in [0.2, 0.25) is 0 Å². The first kappa shape index (κ1) is 8.52. The van der Waals surface area contributed by atoms with Gasteiger partial charge in [0.05, 0.1) is 6.61 Å². The second-order valence-electron chi connectivity index (χ2n) is 4.21. The van der Waals surface area contributed by atoms with Crippen molar-refractivity contribution in [3.63, 3.8) is 0 Å². The second-order valence-corrected chi connectivity index (χ2v) is 4.21. The molecule has 0 spiro atoms. The van der Waals surface area contributed by atoms with Crippen LogP contribution in [0.1, 0.15) is 25.7 Å². The van der Waals surface area contributed by atoms with Crippen LogP contribution in [0.2, 0.25) is 0 Å². The average Bonchev–Trinajstić information content (AvgIpc) is 2.65. The van der Waals surface area contributed by atoms with Crippen molar-refractivity contribution in [2.75, 3.05) is 20.5 Å². The van der Waals surface area contributed by atoms with E-state index in [9.17, 15) is 0 Å². The average molecular weight is 170 g/mol. The number of hydrogen-bond acceptors (Lipinski definition) is 2. The Labute approximate surface area is 74.2 Å². The predicted molar refractivity (Wildman–Crippen MR) is 46.8 cm³/mol. The van der Waals surface area contributed by atoms with Crippen LogP contribution < -0.4 is 0 Å². The van der Waals surface area contributed by atoms with Gasteiger partial charge in [-0.1, -0.05) is 6.42 Å². The van der Waals surface area contributed by atoms with Gasteiger partial charge in [0, 0.05) is 7.11 Å². The Balaban J connectivity index is 1.69. The number of hydrogen-bond donors (Lipinski definition) is 0. The fourth-order valence-corrected chi connectivity index (χ4v) is 2.86. The van der Waals surface area contributed by atoms with Crippen LogP contribution in [0, 0.1) is 17.8 Å². The van der Waals surface area contributed by atoms with Crippen LogP contribution in [0.5, 0.6) is 0 Å². The standard InChI is InChI=1S/C10H18O2/c1-11-7-12-6-10-5-8-2-3-9(10)4-8/h8-10H,2-7H2,1H3. The van der Waals surface area contributed by atoms with Crippen molar-refractivity contribution in [3.8, 4) is 0 Å². The molecule has 0 saturated heterocycles. The lowest BCUT2D eigenvalue weighted by Gasteiger charge is -2.20. The van der Waals surface area contributed by atoms with Gasteiger partial charge in [-0.2, -0.15) is 0 Å². The number of methoxy groups -OCH3 is 1. The van der Waals surface area contributed by atoms with Crippen molar-refractivity contribution in [1.29, 1.82) is 0 Å². The molecule has 0 heterocycles. The number of fused-ring (bicyclic) bond motifs is 2. The third-order valence-corrected chi connectivity index (χ3v) is 3.42. The van der Waals surface area contributed by atoms with Crippen molar-refractivity contribution < 1.29 is 9.47 Å². The number of rotatable bonds is 4. The maximum atomic E-state index is 5.40. The summed E-state index contributed by atoms with van der Waals surface area (Å²) < 4.78 is 10.3. The molecule has 2 fully saturated rings. The lowest BCUT2D eigenvalue weighted by Crippen LogP contribution is -2.17. The summed E-state index contributed by atoms with van der Waals surface area (Å²) in [5, 5.41) is 0. The highest BCUT2D eigenvalue weighted by Crippen LogP contribution is 2.48. The molecular formula is C10H18O2. The van der Waals surface area contributed by atoms with Gasteiger partial charge in [-0.3, -0.25) is 0 Å². The van der Waals surface area contributed by atoms with Gasteiger partial charge >= 0.3 is 0 Å². The van der Waals surface area contributed by atoms with Gasteiger partial charge in [-0.05, 0) is 37.0 Å². The summed E-state index contributed by atoms with van der Waals surface area (Å²) in [5.41, 5.74) is 0. The Kier molecular flexibility index (Phi) is 2.66. The van der Waals surface area contributed by atoms with Gasteiger partial charge < -0.3 is 9.47 Å². The van der Waals surface area contributed by atoms with Crippen LogP contribution in [0.3, 0.4) is 0 Å². The molecule has 2 heteroatoms. The zero-order chi connectivity index (χ0) is 8.39. The van der Waals surface area contributed by atoms with Gasteiger partial charge in [-0.15, -0.1) is 0 Å². The Morgan fingerprint density at radius 2 is 2.17 bits per heavy atom. The van der Waals surface area contributed by atoms with E-state index in [-0.39, 0.29) is 0 Å². The molecule has 0 amide bonds. The van der Waals surface area contributed by atoms with Crippen molar-refractivity contribution >= 4 is 0 Å². The smallest absolute Gasteiger partial charge is 0.146 e. The van der Waals surface area contributed by atoms with Gasteiger partial charge in [0.25, 0.3) is 0 Å². The molecule has 0 aromatic heterocycles. The summed E-state index contributed by atoms with van der Waals surface area (Å²) in [6.45, 7) is 1.39. The van der Waals surface area contributed by atoms with E-state index in [0.29, 0.717) is 6.79 Å². The van der Waals surface area contributed by atoms with Crippen LogP contribution in [-0.2, 0) is 9.47 Å². The summed E-state index contributed by atoms with van der Waals surface area (Å²) in [4.78, 5) is 0. The van der Waals surface area contributed by atoms with Crippen LogP contribution in [0.4, 0.5) is 0 Å². The van der Waals surface area contributed by atoms with Crippen molar-refractivity contribution in [1.82, 2.24) is 0 Å². The lowest BCUT2D eigenvalue weighted by atomic mass is 9.90. The highest BCUT2D eigenvalue weighted by atomic mass is 16.7. The molecule has 70 valence electrons. The summed E-state index contributed by atoms with van der Waals surface area (Å²) in [7, 11) is 1.68. The largest absolute Gasteiger partial charge is 0.359 e. The molecule has 2 aliphatic rings. The molecule has 3 unspecified atom stereocenters. The summed E-state index contributed by atoms with van der Waals surface area (Å²) >= 11 is 0. The summed E-state index contributed by atoms with van der Waals surface area (Å²) in [5.74, 6) is 2.86. The molecule has 0 aliphatic heterocycles. The van der Waals surface area contributed by atoms with E-state index in [4.69, 9.17) is 9.47 Å². The Bertz CT molecular complexity index is 147. The zero-order valence-corrected chi connectivity index (χ0v) is 7.79. The van der Waals surface area contributed by atoms with E-state index in [0.717, 1.165) is 24.4 Å². The van der Waals surface area contributed by atoms with Crippen LogP contribution in [-0.4, -0.2) is 20.5 Å². The first-order chi connectivity index (χ1) is 5.90. The molecule has 2 saturated carbocycles. The number of ether oxygens (including phenoxy) is 2. The van der Waals surface area contributed by atoms with E-state index in [1.165, 1.54) is 25.7 Å². The minimum atomic E-state index is 0.466. The molecule has 0 N–H and O–H groups in total. The molecule has 3 atom stereocenters. The molecule has 0 radical (unpaired) electrons. The van der Waals surface area contributed by atoms with E-state index in [1.54, 1.807) is 7.11 Å². The van der Waals surface area contributed by atoms with E-state index in [1.807, 2.05) is 0 Å². The van der Waals surface area contributed by atoms with Gasteiger partial charge in [0.1, 0.15) is 6.79 Å². The van der Waals surface area contributed by atoms with Crippen LogP contribution in [0.15, 0.2) is 0 Å². The molecule has 2 bridgehead atoms. The van der Waals surface area contributed by atoms with E-state index >= 15 is 0 Å². The fourth-order valence-electron chi connectivity index (χ4n) is 2.86. The van der Waals surface area contributed by atoms with E-state index in [2.05, 4.69) is 0 Å². The summed E-state index contributed by atoms with van der Waals surface area (Å²) in [6.07, 6.45) is 5.81. The molecule has 2 aliphatic carbocycles. The van der Waals surface area contributed by atoms with Crippen molar-refractivity contribution in [2.24, 2.45) is 17.8 Å². The monoisotopic (exact) mass is 170 g/mol. The topological polar surface area (TPSA) is 18.5 Å². The molecule has 0 aromatic rings. The maximum absolute atomic E-state index is 5.40. The van der Waals surface area contributed by atoms with E-state index < -0.39 is 0 Å². The minimum absolute atomic E-state index is 0.466. The highest BCUT2D eigenvalue weighted by molar-refractivity contribution is 4.89. The highest BCUT2D eigenvalue weighted by Gasteiger charge is 2.39. The molecular weight excluding hydrogens is 152 g/mol. The first-order valence-corrected chi connectivity index (χ1v) is 4.97. The van der Waals surface area contributed by atoms with Crippen LogP contribution >= 0.6 is 0 Å². The fraction of sp³-hybridized carbons (Fsp3) is 1.00. The summed E-state index contributed by atoms with van der Waals surface area (Å²) in [6, 6.07) is 0. The van der Waals surface area contributed by atoms with Crippen LogP contribution in [0.25, 0.3) is 0 Å². The molecule has 12 heavy (non-hydrogen) atoms. The zero-order valence-electron chi connectivity index (χ0n) is 7.79. The van der Waals surface area contributed by atoms with Crippen molar-refractivity contribution in [3.05, 3.63) is 0 Å². The maximum Gasteiger partial charge on any atom is 0.146 e.